The van der Waals surface area contributed by atoms with Crippen LogP contribution in [0.4, 0.5) is 0 Å². The molecule has 1 unspecified atom stereocenters. The highest BCUT2D eigenvalue weighted by Gasteiger charge is 2.25. The van der Waals surface area contributed by atoms with Gasteiger partial charge in [-0.1, -0.05) is 30.3 Å². The summed E-state index contributed by atoms with van der Waals surface area (Å²) in [6.45, 7) is 1.76. The second-order valence-corrected chi connectivity index (χ2v) is 6.28. The van der Waals surface area contributed by atoms with Gasteiger partial charge in [-0.3, -0.25) is 14.5 Å². The molecule has 1 aromatic carbocycles. The van der Waals surface area contributed by atoms with Gasteiger partial charge in [-0.05, 0) is 29.7 Å². The fourth-order valence-corrected chi connectivity index (χ4v) is 3.13. The molecule has 1 aliphatic heterocycles. The van der Waals surface area contributed by atoms with Crippen LogP contribution in [0.3, 0.4) is 0 Å². The highest BCUT2D eigenvalue weighted by atomic mass is 16.5. The SMILES string of the molecule is O=C(NCC1OCCc2cn(Cc3ccccc3)nc21)c1ccncc1. The smallest absolute Gasteiger partial charge is 0.251 e. The van der Waals surface area contributed by atoms with E-state index in [0.717, 1.165) is 18.7 Å². The average molecular weight is 348 g/mol. The number of nitrogens with zero attached hydrogens (tertiary/aromatic N) is 3. The molecular weight excluding hydrogens is 328 g/mol. The summed E-state index contributed by atoms with van der Waals surface area (Å²) in [4.78, 5) is 16.2. The first-order valence-corrected chi connectivity index (χ1v) is 8.69. The summed E-state index contributed by atoms with van der Waals surface area (Å²) < 4.78 is 7.80. The molecule has 0 saturated carbocycles. The predicted molar refractivity (Wildman–Crippen MR) is 96.7 cm³/mol. The second kappa shape index (κ2) is 7.49. The van der Waals surface area contributed by atoms with Gasteiger partial charge < -0.3 is 10.1 Å². The Balaban J connectivity index is 1.44. The van der Waals surface area contributed by atoms with Gasteiger partial charge in [0.2, 0.25) is 0 Å². The monoisotopic (exact) mass is 348 g/mol. The van der Waals surface area contributed by atoms with Crippen LogP contribution >= 0.6 is 0 Å². The van der Waals surface area contributed by atoms with Gasteiger partial charge in [0, 0.05) is 30.7 Å². The van der Waals surface area contributed by atoms with E-state index in [1.54, 1.807) is 24.5 Å². The van der Waals surface area contributed by atoms with Crippen molar-refractivity contribution in [1.82, 2.24) is 20.1 Å². The Kier molecular flexibility index (Phi) is 4.75. The number of pyridine rings is 1. The third-order valence-corrected chi connectivity index (χ3v) is 4.44. The quantitative estimate of drug-likeness (QED) is 0.769. The standard InChI is InChI=1S/C20H20N4O2/c25-20(16-6-9-21-10-7-16)22-12-18-19-17(8-11-26-18)14-24(23-19)13-15-4-2-1-3-5-15/h1-7,9-10,14,18H,8,11-13H2,(H,22,25). The van der Waals surface area contributed by atoms with Gasteiger partial charge >= 0.3 is 0 Å². The molecule has 2 aromatic heterocycles. The van der Waals surface area contributed by atoms with Crippen molar-refractivity contribution >= 4 is 5.91 Å². The molecule has 1 N–H and O–H groups in total. The lowest BCUT2D eigenvalue weighted by Crippen LogP contribution is -2.31. The van der Waals surface area contributed by atoms with Crippen LogP contribution in [0.25, 0.3) is 0 Å². The number of hydrogen-bond donors (Lipinski definition) is 1. The lowest BCUT2D eigenvalue weighted by Gasteiger charge is -2.22. The van der Waals surface area contributed by atoms with Crippen LogP contribution in [0, 0.1) is 0 Å². The van der Waals surface area contributed by atoms with Crippen molar-refractivity contribution in [3.05, 3.63) is 83.4 Å². The van der Waals surface area contributed by atoms with Crippen molar-refractivity contribution in [1.29, 1.82) is 0 Å². The van der Waals surface area contributed by atoms with Crippen molar-refractivity contribution in [3.63, 3.8) is 0 Å². The second-order valence-electron chi connectivity index (χ2n) is 6.28. The largest absolute Gasteiger partial charge is 0.370 e. The first-order valence-electron chi connectivity index (χ1n) is 8.69. The van der Waals surface area contributed by atoms with E-state index in [9.17, 15) is 4.79 Å². The van der Waals surface area contributed by atoms with Gasteiger partial charge in [0.05, 0.1) is 18.8 Å². The molecule has 3 heterocycles. The summed E-state index contributed by atoms with van der Waals surface area (Å²) in [5.41, 5.74) is 3.90. The molecule has 0 spiro atoms. The number of rotatable bonds is 5. The molecule has 0 radical (unpaired) electrons. The summed E-state index contributed by atoms with van der Waals surface area (Å²) >= 11 is 0. The van der Waals surface area contributed by atoms with E-state index < -0.39 is 0 Å². The molecule has 0 fully saturated rings. The summed E-state index contributed by atoms with van der Waals surface area (Å²) in [7, 11) is 0. The molecule has 1 atom stereocenters. The minimum atomic E-state index is -0.221. The molecule has 0 saturated heterocycles. The Bertz CT molecular complexity index is 877. The van der Waals surface area contributed by atoms with Crippen LogP contribution < -0.4 is 5.32 Å². The van der Waals surface area contributed by atoms with Crippen molar-refractivity contribution in [2.24, 2.45) is 0 Å². The molecule has 0 aliphatic carbocycles. The summed E-state index contributed by atoms with van der Waals surface area (Å²) in [5, 5.41) is 7.64. The van der Waals surface area contributed by atoms with Gasteiger partial charge in [0.25, 0.3) is 5.91 Å². The third-order valence-electron chi connectivity index (χ3n) is 4.44. The average Bonchev–Trinajstić information content (AvgIpc) is 3.10. The number of hydrogen-bond acceptors (Lipinski definition) is 4. The number of nitrogens with one attached hydrogen (secondary N) is 1. The molecular formula is C20H20N4O2. The highest BCUT2D eigenvalue weighted by molar-refractivity contribution is 5.93. The molecule has 132 valence electrons. The van der Waals surface area contributed by atoms with Crippen molar-refractivity contribution < 1.29 is 9.53 Å². The van der Waals surface area contributed by atoms with Crippen molar-refractivity contribution in [3.8, 4) is 0 Å². The zero-order valence-electron chi connectivity index (χ0n) is 14.3. The van der Waals surface area contributed by atoms with Gasteiger partial charge in [-0.2, -0.15) is 5.10 Å². The normalized spacial score (nSPS) is 16.1. The Morgan fingerprint density at radius 1 is 1.19 bits per heavy atom. The summed E-state index contributed by atoms with van der Waals surface area (Å²) in [5.74, 6) is -0.133. The van der Waals surface area contributed by atoms with E-state index in [-0.39, 0.29) is 12.0 Å². The van der Waals surface area contributed by atoms with E-state index in [1.807, 2.05) is 22.9 Å². The number of benzene rings is 1. The Morgan fingerprint density at radius 2 is 2.00 bits per heavy atom. The van der Waals surface area contributed by atoms with Crippen molar-refractivity contribution in [2.45, 2.75) is 19.1 Å². The maximum atomic E-state index is 12.2. The van der Waals surface area contributed by atoms with Crippen LogP contribution in [0.15, 0.2) is 61.1 Å². The first kappa shape index (κ1) is 16.5. The fourth-order valence-electron chi connectivity index (χ4n) is 3.13. The molecule has 0 bridgehead atoms. The summed E-state index contributed by atoms with van der Waals surface area (Å²) in [6.07, 6.45) is 5.92. The van der Waals surface area contributed by atoms with Gasteiger partial charge in [0.15, 0.2) is 0 Å². The van der Waals surface area contributed by atoms with E-state index in [4.69, 9.17) is 9.84 Å². The van der Waals surface area contributed by atoms with Crippen LogP contribution in [0.1, 0.15) is 33.3 Å². The van der Waals surface area contributed by atoms with E-state index in [0.29, 0.717) is 18.7 Å². The lowest BCUT2D eigenvalue weighted by molar-refractivity contribution is 0.0383. The zero-order valence-corrected chi connectivity index (χ0v) is 14.3. The van der Waals surface area contributed by atoms with E-state index in [2.05, 4.69) is 28.6 Å². The Morgan fingerprint density at radius 3 is 2.81 bits per heavy atom. The van der Waals surface area contributed by atoms with Gasteiger partial charge in [-0.25, -0.2) is 0 Å². The van der Waals surface area contributed by atoms with Crippen LogP contribution in [0.5, 0.6) is 0 Å². The molecule has 3 aromatic rings. The molecule has 6 nitrogen and oxygen atoms in total. The number of amides is 1. The maximum Gasteiger partial charge on any atom is 0.251 e. The molecule has 1 amide bonds. The number of ether oxygens (including phenoxy) is 1. The first-order chi connectivity index (χ1) is 12.8. The molecule has 1 aliphatic rings. The van der Waals surface area contributed by atoms with Gasteiger partial charge in [0.1, 0.15) is 6.10 Å². The predicted octanol–water partition coefficient (Wildman–Crippen LogP) is 2.37. The maximum absolute atomic E-state index is 12.2. The Labute approximate surface area is 151 Å². The number of aromatic nitrogens is 3. The van der Waals surface area contributed by atoms with E-state index >= 15 is 0 Å². The topological polar surface area (TPSA) is 69.0 Å². The fraction of sp³-hybridized carbons (Fsp3) is 0.250. The highest BCUT2D eigenvalue weighted by Crippen LogP contribution is 2.25. The van der Waals surface area contributed by atoms with Crippen LogP contribution in [-0.4, -0.2) is 33.8 Å². The lowest BCUT2D eigenvalue weighted by atomic mass is 10.1. The minimum absolute atomic E-state index is 0.133. The minimum Gasteiger partial charge on any atom is -0.370 e. The van der Waals surface area contributed by atoms with Gasteiger partial charge in [-0.15, -0.1) is 0 Å². The Hall–Kier alpha value is -2.99. The van der Waals surface area contributed by atoms with Crippen LogP contribution in [0.2, 0.25) is 0 Å². The van der Waals surface area contributed by atoms with Crippen LogP contribution in [-0.2, 0) is 17.7 Å². The third kappa shape index (κ3) is 3.65. The number of carbonyl (C=O) groups excluding carboxylic acids is 1. The van der Waals surface area contributed by atoms with Crippen molar-refractivity contribution in [2.75, 3.05) is 13.2 Å². The molecule has 26 heavy (non-hydrogen) atoms. The summed E-state index contributed by atoms with van der Waals surface area (Å²) in [6, 6.07) is 13.6. The number of fused-ring (bicyclic) bond motifs is 1. The number of carbonyl (C=O) groups is 1. The van der Waals surface area contributed by atoms with E-state index in [1.165, 1.54) is 11.1 Å². The zero-order chi connectivity index (χ0) is 17.8. The molecule has 6 heteroatoms. The molecule has 4 rings (SSSR count).